The van der Waals surface area contributed by atoms with Gasteiger partial charge in [-0.1, -0.05) is 29.3 Å². The van der Waals surface area contributed by atoms with Crippen LogP contribution in [0.25, 0.3) is 11.3 Å². The summed E-state index contributed by atoms with van der Waals surface area (Å²) in [6.45, 7) is 0. The molecule has 0 saturated heterocycles. The predicted molar refractivity (Wildman–Crippen MR) is 108 cm³/mol. The van der Waals surface area contributed by atoms with Crippen LogP contribution >= 0.6 is 46.3 Å². The summed E-state index contributed by atoms with van der Waals surface area (Å²) in [6.07, 6.45) is -4.42. The highest BCUT2D eigenvalue weighted by atomic mass is 35.5. The second-order valence-electron chi connectivity index (χ2n) is 5.52. The number of carbonyl (C=O) groups excluding carboxylic acids is 1. The summed E-state index contributed by atoms with van der Waals surface area (Å²) >= 11 is 14.3. The Morgan fingerprint density at radius 1 is 1.18 bits per heavy atom. The van der Waals surface area contributed by atoms with Gasteiger partial charge in [0.1, 0.15) is 0 Å². The zero-order valence-corrected chi connectivity index (χ0v) is 17.0. The van der Waals surface area contributed by atoms with E-state index in [4.69, 9.17) is 23.2 Å². The largest absolute Gasteiger partial charge is 0.416 e. The number of thiazole rings is 1. The van der Waals surface area contributed by atoms with Crippen LogP contribution in [0.5, 0.6) is 0 Å². The lowest BCUT2D eigenvalue weighted by Gasteiger charge is -2.08. The number of rotatable bonds is 5. The maximum absolute atomic E-state index is 12.7. The standard InChI is InChI=1S/C18H11Cl2F3N2OS2/c19-11-4-5-13(14(20)7-11)15-8-28-17(24-15)25-16(26)9-27-12-3-1-2-10(6-12)18(21,22)23/h1-8H,9H2,(H,24,25,26). The zero-order chi connectivity index (χ0) is 20.3. The number of anilines is 1. The van der Waals surface area contributed by atoms with E-state index in [0.29, 0.717) is 31.3 Å². The van der Waals surface area contributed by atoms with Crippen LogP contribution in [0, 0.1) is 0 Å². The summed E-state index contributed by atoms with van der Waals surface area (Å²) < 4.78 is 38.2. The fraction of sp³-hybridized carbons (Fsp3) is 0.111. The molecule has 0 bridgehead atoms. The molecule has 1 heterocycles. The van der Waals surface area contributed by atoms with Crippen molar-refractivity contribution in [2.75, 3.05) is 11.1 Å². The van der Waals surface area contributed by atoms with E-state index in [2.05, 4.69) is 10.3 Å². The summed E-state index contributed by atoms with van der Waals surface area (Å²) in [4.78, 5) is 16.8. The van der Waals surface area contributed by atoms with Crippen LogP contribution in [-0.2, 0) is 11.0 Å². The quantitative estimate of drug-likeness (QED) is 0.420. The van der Waals surface area contributed by atoms with Crippen LogP contribution in [0.3, 0.4) is 0 Å². The number of carbonyl (C=O) groups is 1. The molecular formula is C18H11Cl2F3N2OS2. The van der Waals surface area contributed by atoms with Crippen molar-refractivity contribution < 1.29 is 18.0 Å². The Morgan fingerprint density at radius 3 is 2.68 bits per heavy atom. The van der Waals surface area contributed by atoms with E-state index in [1.54, 1.807) is 23.6 Å². The molecule has 0 fully saturated rings. The molecule has 1 aromatic heterocycles. The number of benzene rings is 2. The average molecular weight is 463 g/mol. The lowest BCUT2D eigenvalue weighted by Crippen LogP contribution is -2.13. The van der Waals surface area contributed by atoms with Crippen molar-refractivity contribution in [3.8, 4) is 11.3 Å². The molecule has 0 unspecified atom stereocenters. The molecule has 2 aromatic carbocycles. The Kier molecular flexibility index (Phi) is 6.54. The molecule has 0 radical (unpaired) electrons. The Hall–Kier alpha value is -1.74. The molecule has 10 heteroatoms. The van der Waals surface area contributed by atoms with Gasteiger partial charge in [0.15, 0.2) is 5.13 Å². The van der Waals surface area contributed by atoms with Crippen molar-refractivity contribution in [1.29, 1.82) is 0 Å². The van der Waals surface area contributed by atoms with E-state index in [9.17, 15) is 18.0 Å². The van der Waals surface area contributed by atoms with Gasteiger partial charge in [-0.15, -0.1) is 23.1 Å². The first-order chi connectivity index (χ1) is 13.2. The predicted octanol–water partition coefficient (Wildman–Crippen LogP) is 6.87. The molecule has 3 aromatic rings. The first-order valence-electron chi connectivity index (χ1n) is 7.73. The number of alkyl halides is 3. The Labute approximate surface area is 176 Å². The minimum Gasteiger partial charge on any atom is -0.301 e. The van der Waals surface area contributed by atoms with Crippen molar-refractivity contribution in [2.45, 2.75) is 11.1 Å². The maximum atomic E-state index is 12.7. The van der Waals surface area contributed by atoms with Crippen LogP contribution in [-0.4, -0.2) is 16.6 Å². The van der Waals surface area contributed by atoms with E-state index < -0.39 is 11.7 Å². The number of amides is 1. The molecule has 0 atom stereocenters. The molecule has 0 aliphatic rings. The van der Waals surface area contributed by atoms with Gasteiger partial charge in [-0.25, -0.2) is 4.98 Å². The van der Waals surface area contributed by atoms with Gasteiger partial charge in [0, 0.05) is 20.9 Å². The van der Waals surface area contributed by atoms with Crippen molar-refractivity contribution in [2.24, 2.45) is 0 Å². The lowest BCUT2D eigenvalue weighted by atomic mass is 10.2. The molecular weight excluding hydrogens is 452 g/mol. The summed E-state index contributed by atoms with van der Waals surface area (Å²) in [5, 5.41) is 5.69. The summed E-state index contributed by atoms with van der Waals surface area (Å²) in [7, 11) is 0. The second kappa shape index (κ2) is 8.73. The van der Waals surface area contributed by atoms with Gasteiger partial charge in [-0.05, 0) is 36.4 Å². The molecule has 3 rings (SSSR count). The molecule has 3 nitrogen and oxygen atoms in total. The van der Waals surface area contributed by atoms with Gasteiger partial charge in [0.05, 0.1) is 22.0 Å². The van der Waals surface area contributed by atoms with Crippen LogP contribution in [0.15, 0.2) is 52.7 Å². The minimum atomic E-state index is -4.42. The third kappa shape index (κ3) is 5.41. The molecule has 146 valence electrons. The van der Waals surface area contributed by atoms with Crippen molar-refractivity contribution >= 4 is 57.3 Å². The molecule has 28 heavy (non-hydrogen) atoms. The van der Waals surface area contributed by atoms with E-state index in [-0.39, 0.29) is 11.7 Å². The van der Waals surface area contributed by atoms with Gasteiger partial charge in [-0.2, -0.15) is 13.2 Å². The number of hydrogen-bond acceptors (Lipinski definition) is 4. The third-order valence-electron chi connectivity index (χ3n) is 3.49. The number of aromatic nitrogens is 1. The smallest absolute Gasteiger partial charge is 0.301 e. The summed E-state index contributed by atoms with van der Waals surface area (Å²) in [6, 6.07) is 9.86. The van der Waals surface area contributed by atoms with Gasteiger partial charge < -0.3 is 5.32 Å². The van der Waals surface area contributed by atoms with Crippen LogP contribution in [0.1, 0.15) is 5.56 Å². The number of nitrogens with zero attached hydrogens (tertiary/aromatic N) is 1. The first-order valence-corrected chi connectivity index (χ1v) is 10.4. The highest BCUT2D eigenvalue weighted by molar-refractivity contribution is 8.00. The Balaban J connectivity index is 1.61. The van der Waals surface area contributed by atoms with Crippen molar-refractivity contribution in [3.63, 3.8) is 0 Å². The number of hydrogen-bond donors (Lipinski definition) is 1. The lowest BCUT2D eigenvalue weighted by molar-refractivity contribution is -0.137. The molecule has 0 aliphatic heterocycles. The topological polar surface area (TPSA) is 42.0 Å². The van der Waals surface area contributed by atoms with Crippen LogP contribution in [0.4, 0.5) is 18.3 Å². The van der Waals surface area contributed by atoms with Crippen molar-refractivity contribution in [1.82, 2.24) is 4.98 Å². The van der Waals surface area contributed by atoms with Crippen LogP contribution in [0.2, 0.25) is 10.0 Å². The highest BCUT2D eigenvalue weighted by Crippen LogP contribution is 2.33. The third-order valence-corrected chi connectivity index (χ3v) is 5.79. The molecule has 1 amide bonds. The molecule has 1 N–H and O–H groups in total. The fourth-order valence-corrected chi connectivity index (χ4v) is 4.21. The van der Waals surface area contributed by atoms with Crippen LogP contribution < -0.4 is 5.32 Å². The monoisotopic (exact) mass is 462 g/mol. The number of nitrogens with one attached hydrogen (secondary N) is 1. The van der Waals surface area contributed by atoms with E-state index in [1.165, 1.54) is 23.5 Å². The number of thioether (sulfide) groups is 1. The summed E-state index contributed by atoms with van der Waals surface area (Å²) in [5.74, 6) is -0.414. The fourth-order valence-electron chi connectivity index (χ4n) is 2.22. The van der Waals surface area contributed by atoms with Gasteiger partial charge in [-0.3, -0.25) is 4.79 Å². The number of halogens is 5. The Morgan fingerprint density at radius 2 is 1.96 bits per heavy atom. The molecule has 0 spiro atoms. The first kappa shape index (κ1) is 21.0. The second-order valence-corrected chi connectivity index (χ2v) is 8.28. The Bertz CT molecular complexity index is 1010. The normalized spacial score (nSPS) is 11.5. The minimum absolute atomic E-state index is 0.0437. The van der Waals surface area contributed by atoms with E-state index >= 15 is 0 Å². The van der Waals surface area contributed by atoms with E-state index in [0.717, 1.165) is 23.9 Å². The molecule has 0 aliphatic carbocycles. The highest BCUT2D eigenvalue weighted by Gasteiger charge is 2.30. The van der Waals surface area contributed by atoms with E-state index in [1.807, 2.05) is 0 Å². The molecule has 0 saturated carbocycles. The van der Waals surface area contributed by atoms with Gasteiger partial charge in [0.2, 0.25) is 5.91 Å². The average Bonchev–Trinajstić information content (AvgIpc) is 3.07. The van der Waals surface area contributed by atoms with Crippen molar-refractivity contribution in [3.05, 3.63) is 63.5 Å². The zero-order valence-electron chi connectivity index (χ0n) is 13.9. The summed E-state index contributed by atoms with van der Waals surface area (Å²) in [5.41, 5.74) is 0.524. The SMILES string of the molecule is O=C(CSc1cccc(C(F)(F)F)c1)Nc1nc(-c2ccc(Cl)cc2Cl)cs1. The van der Waals surface area contributed by atoms with Gasteiger partial charge in [0.25, 0.3) is 0 Å². The van der Waals surface area contributed by atoms with Gasteiger partial charge >= 0.3 is 6.18 Å². The maximum Gasteiger partial charge on any atom is 0.416 e.